The average Bonchev–Trinajstić information content (AvgIpc) is 2.69. The highest BCUT2D eigenvalue weighted by Gasteiger charge is 2.50. The number of aromatic nitrogens is 1. The Kier molecular flexibility index (Phi) is 2.45. The lowest BCUT2D eigenvalue weighted by molar-refractivity contribution is 0.0166. The van der Waals surface area contributed by atoms with Gasteiger partial charge < -0.3 is 9.63 Å². The Morgan fingerprint density at radius 1 is 1.35 bits per heavy atom. The van der Waals surface area contributed by atoms with Crippen LogP contribution in [0.5, 0.6) is 0 Å². The lowest BCUT2D eigenvalue weighted by atomic mass is 9.85. The Balaban J connectivity index is 2.01. The van der Waals surface area contributed by atoms with Crippen molar-refractivity contribution < 1.29 is 13.8 Å². The Morgan fingerprint density at radius 2 is 1.94 bits per heavy atom. The molecule has 0 aliphatic carbocycles. The molecule has 3 heterocycles. The van der Waals surface area contributed by atoms with Crippen LogP contribution in [0.15, 0.2) is 4.52 Å². The summed E-state index contributed by atoms with van der Waals surface area (Å²) in [7, 11) is -0.751. The van der Waals surface area contributed by atoms with Crippen LogP contribution in [0.25, 0.3) is 0 Å². The van der Waals surface area contributed by atoms with Crippen LogP contribution >= 0.6 is 0 Å². The van der Waals surface area contributed by atoms with Gasteiger partial charge in [-0.2, -0.15) is 0 Å². The summed E-state index contributed by atoms with van der Waals surface area (Å²) in [5, 5.41) is 15.1. The second kappa shape index (κ2) is 3.65. The number of nitrogens with zero attached hydrogens (tertiary/aromatic N) is 1. The molecule has 0 saturated carbocycles. The second-order valence-corrected chi connectivity index (χ2v) is 7.28. The van der Waals surface area contributed by atoms with E-state index >= 15 is 0 Å². The zero-order chi connectivity index (χ0) is 12.2. The molecule has 2 aliphatic rings. The van der Waals surface area contributed by atoms with Gasteiger partial charge in [-0.15, -0.1) is 0 Å². The molecule has 2 aliphatic heterocycles. The molecule has 2 bridgehead atoms. The molecule has 1 aromatic rings. The first-order chi connectivity index (χ1) is 8.01. The first-order valence-corrected chi connectivity index (χ1v) is 7.34. The maximum atomic E-state index is 12.0. The standard InChI is InChI=1S/C12H17NO3S/c1-7-11(8(2)16-13-7)12(14)5-9-3-4-10(6-12)17(9)15/h9-10,14H,3-6H2,1-2H3. The van der Waals surface area contributed by atoms with Crippen molar-refractivity contribution in [3.63, 3.8) is 0 Å². The highest BCUT2D eigenvalue weighted by atomic mass is 32.2. The van der Waals surface area contributed by atoms with Crippen LogP contribution in [0.1, 0.15) is 42.7 Å². The highest BCUT2D eigenvalue weighted by molar-refractivity contribution is 7.86. The van der Waals surface area contributed by atoms with Crippen LogP contribution in [0, 0.1) is 13.8 Å². The fourth-order valence-electron chi connectivity index (χ4n) is 3.43. The van der Waals surface area contributed by atoms with E-state index in [2.05, 4.69) is 5.16 Å². The Bertz CT molecular complexity index is 447. The summed E-state index contributed by atoms with van der Waals surface area (Å²) >= 11 is 0. The minimum atomic E-state index is -0.881. The predicted molar refractivity (Wildman–Crippen MR) is 64.1 cm³/mol. The van der Waals surface area contributed by atoms with Crippen LogP contribution < -0.4 is 0 Å². The fourth-order valence-corrected chi connectivity index (χ4v) is 5.59. The van der Waals surface area contributed by atoms with Gasteiger partial charge in [-0.1, -0.05) is 5.16 Å². The van der Waals surface area contributed by atoms with Crippen molar-refractivity contribution in [2.45, 2.75) is 55.6 Å². The van der Waals surface area contributed by atoms with Gasteiger partial charge in [0.15, 0.2) is 0 Å². The van der Waals surface area contributed by atoms with Crippen molar-refractivity contribution in [2.24, 2.45) is 0 Å². The van der Waals surface area contributed by atoms with Crippen molar-refractivity contribution in [3.05, 3.63) is 17.0 Å². The summed E-state index contributed by atoms with van der Waals surface area (Å²) < 4.78 is 17.1. The van der Waals surface area contributed by atoms with E-state index in [0.29, 0.717) is 18.6 Å². The lowest BCUT2D eigenvalue weighted by Gasteiger charge is -2.35. The molecule has 0 spiro atoms. The summed E-state index contributed by atoms with van der Waals surface area (Å²) in [5.74, 6) is 0.692. The molecule has 0 aromatic carbocycles. The van der Waals surface area contributed by atoms with Gasteiger partial charge in [0, 0.05) is 26.9 Å². The van der Waals surface area contributed by atoms with E-state index in [4.69, 9.17) is 4.52 Å². The van der Waals surface area contributed by atoms with Gasteiger partial charge in [0.1, 0.15) is 5.76 Å². The molecule has 0 radical (unpaired) electrons. The van der Waals surface area contributed by atoms with Crippen molar-refractivity contribution in [1.82, 2.24) is 5.16 Å². The van der Waals surface area contributed by atoms with Gasteiger partial charge >= 0.3 is 0 Å². The van der Waals surface area contributed by atoms with E-state index in [-0.39, 0.29) is 10.5 Å². The number of fused-ring (bicyclic) bond motifs is 2. The zero-order valence-corrected chi connectivity index (χ0v) is 10.9. The lowest BCUT2D eigenvalue weighted by Crippen LogP contribution is -2.40. The van der Waals surface area contributed by atoms with Crippen LogP contribution in [-0.2, 0) is 16.4 Å². The van der Waals surface area contributed by atoms with Gasteiger partial charge in [-0.05, 0) is 39.5 Å². The summed E-state index contributed by atoms with van der Waals surface area (Å²) in [6.07, 6.45) is 3.12. The van der Waals surface area contributed by atoms with Gasteiger partial charge in [0.2, 0.25) is 0 Å². The quantitative estimate of drug-likeness (QED) is 0.827. The van der Waals surface area contributed by atoms with E-state index < -0.39 is 16.4 Å². The van der Waals surface area contributed by atoms with Crippen molar-refractivity contribution in [3.8, 4) is 0 Å². The maximum Gasteiger partial charge on any atom is 0.140 e. The van der Waals surface area contributed by atoms with Gasteiger partial charge in [-0.3, -0.25) is 4.21 Å². The number of aryl methyl sites for hydroxylation is 2. The summed E-state index contributed by atoms with van der Waals surface area (Å²) in [6, 6.07) is 0. The minimum absolute atomic E-state index is 0.146. The average molecular weight is 255 g/mol. The Labute approximate surface area is 103 Å². The van der Waals surface area contributed by atoms with E-state index in [1.54, 1.807) is 0 Å². The summed E-state index contributed by atoms with van der Waals surface area (Å²) in [5.41, 5.74) is 0.705. The second-order valence-electron chi connectivity index (χ2n) is 5.29. The molecule has 2 unspecified atom stereocenters. The minimum Gasteiger partial charge on any atom is -0.385 e. The molecule has 0 amide bonds. The Hall–Kier alpha value is -0.680. The summed E-state index contributed by atoms with van der Waals surface area (Å²) in [4.78, 5) is 0. The van der Waals surface area contributed by atoms with E-state index in [0.717, 1.165) is 24.1 Å². The van der Waals surface area contributed by atoms with E-state index in [9.17, 15) is 9.32 Å². The van der Waals surface area contributed by atoms with Crippen LogP contribution in [0.4, 0.5) is 0 Å². The molecule has 1 N–H and O–H groups in total. The summed E-state index contributed by atoms with van der Waals surface area (Å²) in [6.45, 7) is 3.69. The van der Waals surface area contributed by atoms with Crippen molar-refractivity contribution >= 4 is 10.8 Å². The molecular formula is C12H17NO3S. The highest BCUT2D eigenvalue weighted by Crippen LogP contribution is 2.47. The molecule has 4 nitrogen and oxygen atoms in total. The van der Waals surface area contributed by atoms with Crippen LogP contribution in [-0.4, -0.2) is 25.0 Å². The van der Waals surface area contributed by atoms with Gasteiger partial charge in [-0.25, -0.2) is 0 Å². The molecule has 17 heavy (non-hydrogen) atoms. The number of hydrogen-bond donors (Lipinski definition) is 1. The smallest absolute Gasteiger partial charge is 0.140 e. The van der Waals surface area contributed by atoms with Crippen molar-refractivity contribution in [1.29, 1.82) is 0 Å². The molecule has 2 fully saturated rings. The topological polar surface area (TPSA) is 63.3 Å². The third-order valence-electron chi connectivity index (χ3n) is 4.10. The first kappa shape index (κ1) is 11.4. The van der Waals surface area contributed by atoms with Crippen LogP contribution in [0.2, 0.25) is 0 Å². The van der Waals surface area contributed by atoms with E-state index in [1.807, 2.05) is 13.8 Å². The van der Waals surface area contributed by atoms with Crippen molar-refractivity contribution in [2.75, 3.05) is 0 Å². The van der Waals surface area contributed by atoms with Crippen LogP contribution in [0.3, 0.4) is 0 Å². The third kappa shape index (κ3) is 1.59. The third-order valence-corrected chi connectivity index (χ3v) is 6.22. The monoisotopic (exact) mass is 255 g/mol. The first-order valence-electron chi connectivity index (χ1n) is 6.06. The number of aliphatic hydroxyl groups is 1. The van der Waals surface area contributed by atoms with Gasteiger partial charge in [0.05, 0.1) is 11.3 Å². The maximum absolute atomic E-state index is 12.0. The molecule has 3 rings (SSSR count). The van der Waals surface area contributed by atoms with Gasteiger partial charge in [0.25, 0.3) is 0 Å². The molecule has 5 heteroatoms. The normalized spacial score (nSPS) is 40.8. The molecule has 2 saturated heterocycles. The van der Waals surface area contributed by atoms with E-state index in [1.165, 1.54) is 0 Å². The number of rotatable bonds is 1. The molecule has 1 aromatic heterocycles. The zero-order valence-electron chi connectivity index (χ0n) is 10.1. The predicted octanol–water partition coefficient (Wildman–Crippen LogP) is 1.55. The molecule has 94 valence electrons. The Morgan fingerprint density at radius 3 is 2.41 bits per heavy atom. The largest absolute Gasteiger partial charge is 0.385 e. The number of hydrogen-bond acceptors (Lipinski definition) is 4. The molecule has 2 atom stereocenters. The SMILES string of the molecule is Cc1noc(C)c1C1(O)CC2CCC(C1)S2=O. The fraction of sp³-hybridized carbons (Fsp3) is 0.750. The molecular weight excluding hydrogens is 238 g/mol.